The van der Waals surface area contributed by atoms with E-state index in [9.17, 15) is 0 Å². The van der Waals surface area contributed by atoms with E-state index in [1.807, 2.05) is 43.5 Å². The van der Waals surface area contributed by atoms with E-state index >= 15 is 0 Å². The van der Waals surface area contributed by atoms with Crippen molar-refractivity contribution in [3.05, 3.63) is 59.2 Å². The van der Waals surface area contributed by atoms with Gasteiger partial charge in [0.25, 0.3) is 0 Å². The van der Waals surface area contributed by atoms with Gasteiger partial charge in [-0.2, -0.15) is 0 Å². The average molecular weight is 301 g/mol. The van der Waals surface area contributed by atoms with Crippen LogP contribution in [0, 0.1) is 0 Å². The lowest BCUT2D eigenvalue weighted by Crippen LogP contribution is -2.02. The third kappa shape index (κ3) is 2.69. The quantitative estimate of drug-likeness (QED) is 0.729. The Morgan fingerprint density at radius 2 is 2.05 bits per heavy atom. The van der Waals surface area contributed by atoms with Gasteiger partial charge in [-0.15, -0.1) is 0 Å². The molecule has 0 aliphatic carbocycles. The number of aromatic nitrogens is 1. The highest BCUT2D eigenvalue weighted by atomic mass is 35.5. The first-order valence-corrected chi connectivity index (χ1v) is 7.31. The van der Waals surface area contributed by atoms with Gasteiger partial charge >= 0.3 is 0 Å². The number of rotatable bonds is 4. The third-order valence-corrected chi connectivity index (χ3v) is 3.89. The van der Waals surface area contributed by atoms with Crippen LogP contribution in [-0.4, -0.2) is 11.2 Å². The maximum absolute atomic E-state index is 6.25. The van der Waals surface area contributed by atoms with Crippen LogP contribution in [0.5, 0.6) is 5.75 Å². The molecule has 2 aromatic carbocycles. The fourth-order valence-electron chi connectivity index (χ4n) is 2.49. The van der Waals surface area contributed by atoms with Crippen LogP contribution in [0.3, 0.4) is 0 Å². The lowest BCUT2D eigenvalue weighted by atomic mass is 10.1. The minimum Gasteiger partial charge on any atom is -0.494 e. The van der Waals surface area contributed by atoms with Crippen LogP contribution in [0.1, 0.15) is 12.5 Å². The maximum atomic E-state index is 6.25. The van der Waals surface area contributed by atoms with Gasteiger partial charge in [0.1, 0.15) is 5.75 Å². The van der Waals surface area contributed by atoms with Gasteiger partial charge in [0.15, 0.2) is 0 Å². The SMILES string of the molecule is CCOc1ccc2c(ccn2Cc2c(N)cccc2Cl)c1. The summed E-state index contributed by atoms with van der Waals surface area (Å²) in [5.41, 5.74) is 8.83. The zero-order valence-corrected chi connectivity index (χ0v) is 12.6. The molecule has 3 aromatic rings. The largest absolute Gasteiger partial charge is 0.494 e. The molecule has 4 heteroatoms. The molecule has 0 saturated carbocycles. The molecule has 0 saturated heterocycles. The average Bonchev–Trinajstić information content (AvgIpc) is 2.86. The summed E-state index contributed by atoms with van der Waals surface area (Å²) in [6.45, 7) is 3.31. The molecule has 21 heavy (non-hydrogen) atoms. The Balaban J connectivity index is 1.98. The summed E-state index contributed by atoms with van der Waals surface area (Å²) in [5.74, 6) is 0.889. The van der Waals surface area contributed by atoms with E-state index in [1.54, 1.807) is 0 Å². The van der Waals surface area contributed by atoms with Gasteiger partial charge in [-0.3, -0.25) is 0 Å². The van der Waals surface area contributed by atoms with Crippen LogP contribution in [0.25, 0.3) is 10.9 Å². The number of nitrogen functional groups attached to an aromatic ring is 1. The van der Waals surface area contributed by atoms with Crippen LogP contribution in [0.4, 0.5) is 5.69 Å². The van der Waals surface area contributed by atoms with Gasteiger partial charge in [-0.1, -0.05) is 17.7 Å². The summed E-state index contributed by atoms with van der Waals surface area (Å²) in [6, 6.07) is 13.8. The number of nitrogens with two attached hydrogens (primary N) is 1. The smallest absolute Gasteiger partial charge is 0.120 e. The molecule has 3 nitrogen and oxygen atoms in total. The van der Waals surface area contributed by atoms with Crippen molar-refractivity contribution >= 4 is 28.2 Å². The molecule has 0 aliphatic heterocycles. The maximum Gasteiger partial charge on any atom is 0.120 e. The van der Waals surface area contributed by atoms with E-state index < -0.39 is 0 Å². The lowest BCUT2D eigenvalue weighted by molar-refractivity contribution is 0.340. The third-order valence-electron chi connectivity index (χ3n) is 3.54. The number of hydrogen-bond acceptors (Lipinski definition) is 2. The zero-order chi connectivity index (χ0) is 14.8. The summed E-state index contributed by atoms with van der Waals surface area (Å²) in [6.07, 6.45) is 2.04. The van der Waals surface area contributed by atoms with Crippen molar-refractivity contribution < 1.29 is 4.74 Å². The summed E-state index contributed by atoms with van der Waals surface area (Å²) < 4.78 is 7.67. The molecule has 3 rings (SSSR count). The molecule has 0 amide bonds. The summed E-state index contributed by atoms with van der Waals surface area (Å²) in [5, 5.41) is 1.84. The second-order valence-corrected chi connectivity index (χ2v) is 5.31. The Bertz CT molecular complexity index is 759. The lowest BCUT2D eigenvalue weighted by Gasteiger charge is -2.11. The zero-order valence-electron chi connectivity index (χ0n) is 11.8. The van der Waals surface area contributed by atoms with Crippen molar-refractivity contribution in [2.45, 2.75) is 13.5 Å². The summed E-state index contributed by atoms with van der Waals surface area (Å²) in [4.78, 5) is 0. The molecule has 1 heterocycles. The van der Waals surface area contributed by atoms with E-state index in [1.165, 1.54) is 0 Å². The van der Waals surface area contributed by atoms with E-state index in [2.05, 4.69) is 16.7 Å². The van der Waals surface area contributed by atoms with Crippen molar-refractivity contribution in [3.63, 3.8) is 0 Å². The standard InChI is InChI=1S/C17H17ClN2O/c1-2-21-13-6-7-17-12(10-13)8-9-20(17)11-14-15(18)4-3-5-16(14)19/h3-10H,2,11,19H2,1H3. The Morgan fingerprint density at radius 1 is 1.19 bits per heavy atom. The van der Waals surface area contributed by atoms with Gasteiger partial charge in [-0.25, -0.2) is 0 Å². The van der Waals surface area contributed by atoms with Crippen LogP contribution < -0.4 is 10.5 Å². The van der Waals surface area contributed by atoms with Crippen molar-refractivity contribution in [3.8, 4) is 5.75 Å². The van der Waals surface area contributed by atoms with Crippen LogP contribution in [-0.2, 0) is 6.54 Å². The van der Waals surface area contributed by atoms with Crippen LogP contribution >= 0.6 is 11.6 Å². The number of benzene rings is 2. The highest BCUT2D eigenvalue weighted by molar-refractivity contribution is 6.31. The molecular weight excluding hydrogens is 284 g/mol. The molecule has 1 aromatic heterocycles. The Hall–Kier alpha value is -2.13. The predicted molar refractivity (Wildman–Crippen MR) is 88.1 cm³/mol. The number of anilines is 1. The van der Waals surface area contributed by atoms with Gasteiger partial charge in [-0.05, 0) is 43.3 Å². The predicted octanol–water partition coefficient (Wildman–Crippen LogP) is 4.32. The molecule has 0 aliphatic rings. The van der Waals surface area contributed by atoms with E-state index in [-0.39, 0.29) is 0 Å². The number of ether oxygens (including phenoxy) is 1. The normalized spacial score (nSPS) is 11.0. The molecule has 0 radical (unpaired) electrons. The number of fused-ring (bicyclic) bond motifs is 1. The minimum atomic E-state index is 0.656. The van der Waals surface area contributed by atoms with Crippen molar-refractivity contribution in [1.82, 2.24) is 4.57 Å². The fourth-order valence-corrected chi connectivity index (χ4v) is 2.73. The second kappa shape index (κ2) is 5.70. The molecule has 0 spiro atoms. The molecule has 108 valence electrons. The fraction of sp³-hybridized carbons (Fsp3) is 0.176. The Kier molecular flexibility index (Phi) is 3.76. The van der Waals surface area contributed by atoms with Gasteiger partial charge in [0.2, 0.25) is 0 Å². The number of hydrogen-bond donors (Lipinski definition) is 1. The monoisotopic (exact) mass is 300 g/mol. The highest BCUT2D eigenvalue weighted by Crippen LogP contribution is 2.27. The number of nitrogens with zero attached hydrogens (tertiary/aromatic N) is 1. The molecule has 0 bridgehead atoms. The Morgan fingerprint density at radius 3 is 2.81 bits per heavy atom. The van der Waals surface area contributed by atoms with E-state index in [4.69, 9.17) is 22.1 Å². The van der Waals surface area contributed by atoms with Crippen LogP contribution in [0.2, 0.25) is 5.02 Å². The molecule has 0 atom stereocenters. The topological polar surface area (TPSA) is 40.2 Å². The summed E-state index contributed by atoms with van der Waals surface area (Å²) >= 11 is 6.25. The van der Waals surface area contributed by atoms with Crippen molar-refractivity contribution in [1.29, 1.82) is 0 Å². The molecular formula is C17H17ClN2O. The molecule has 0 fully saturated rings. The summed E-state index contributed by atoms with van der Waals surface area (Å²) in [7, 11) is 0. The first-order chi connectivity index (χ1) is 10.2. The van der Waals surface area contributed by atoms with E-state index in [0.717, 1.165) is 27.9 Å². The number of halogens is 1. The van der Waals surface area contributed by atoms with Gasteiger partial charge in [0, 0.05) is 33.4 Å². The minimum absolute atomic E-state index is 0.656. The van der Waals surface area contributed by atoms with Gasteiger partial charge in [0.05, 0.1) is 13.2 Å². The first-order valence-electron chi connectivity index (χ1n) is 6.93. The van der Waals surface area contributed by atoms with Gasteiger partial charge < -0.3 is 15.0 Å². The highest BCUT2D eigenvalue weighted by Gasteiger charge is 2.08. The van der Waals surface area contributed by atoms with Crippen LogP contribution in [0.15, 0.2) is 48.7 Å². The van der Waals surface area contributed by atoms with Crippen molar-refractivity contribution in [2.75, 3.05) is 12.3 Å². The first kappa shape index (κ1) is 13.8. The van der Waals surface area contributed by atoms with Crippen molar-refractivity contribution in [2.24, 2.45) is 0 Å². The Labute approximate surface area is 128 Å². The molecule has 2 N–H and O–H groups in total. The second-order valence-electron chi connectivity index (χ2n) is 4.90. The van der Waals surface area contributed by atoms with E-state index in [0.29, 0.717) is 18.2 Å². The molecule has 0 unspecified atom stereocenters.